The molecule has 0 aliphatic heterocycles. The summed E-state index contributed by atoms with van der Waals surface area (Å²) in [5, 5.41) is 2.89. The van der Waals surface area contributed by atoms with Crippen LogP contribution in [0.5, 0.6) is 5.75 Å². The fourth-order valence-corrected chi connectivity index (χ4v) is 1.60. The average molecular weight is 247 g/mol. The van der Waals surface area contributed by atoms with Gasteiger partial charge in [-0.05, 0) is 51.5 Å². The third-order valence-corrected chi connectivity index (χ3v) is 2.43. The molecule has 1 atom stereocenters. The highest BCUT2D eigenvalue weighted by Crippen LogP contribution is 2.18. The first-order chi connectivity index (χ1) is 8.52. The lowest BCUT2D eigenvalue weighted by atomic mass is 10.1. The molecule has 0 saturated heterocycles. The van der Waals surface area contributed by atoms with Crippen LogP contribution in [0.25, 0.3) is 0 Å². The van der Waals surface area contributed by atoms with Gasteiger partial charge in [0, 0.05) is 0 Å². The van der Waals surface area contributed by atoms with Gasteiger partial charge in [0.15, 0.2) is 0 Å². The van der Waals surface area contributed by atoms with E-state index in [-0.39, 0.29) is 18.1 Å². The lowest BCUT2D eigenvalue weighted by Gasteiger charge is -2.14. The molecule has 1 rings (SSSR count). The van der Waals surface area contributed by atoms with E-state index in [1.54, 1.807) is 6.08 Å². The summed E-state index contributed by atoms with van der Waals surface area (Å²) in [6, 6.07) is 7.78. The molecule has 0 aliphatic carbocycles. The Balaban J connectivity index is 2.64. The summed E-state index contributed by atoms with van der Waals surface area (Å²) in [6.45, 7) is 7.77. The Labute approximate surface area is 109 Å². The molecule has 98 valence electrons. The second-order valence-corrected chi connectivity index (χ2v) is 4.47. The molecular formula is C15H21NO2. The molecule has 1 amide bonds. The maximum Gasteiger partial charge on any atom is 0.244 e. The molecule has 0 heterocycles. The number of carbonyl (C=O) groups excluding carboxylic acids is 1. The van der Waals surface area contributed by atoms with E-state index in [9.17, 15) is 4.79 Å². The van der Waals surface area contributed by atoms with Gasteiger partial charge in [-0.25, -0.2) is 0 Å². The Morgan fingerprint density at radius 2 is 1.83 bits per heavy atom. The first-order valence-corrected chi connectivity index (χ1v) is 6.22. The van der Waals surface area contributed by atoms with Gasteiger partial charge in [-0.3, -0.25) is 4.79 Å². The third kappa shape index (κ3) is 4.62. The Hall–Kier alpha value is -1.77. The zero-order valence-electron chi connectivity index (χ0n) is 11.4. The fraction of sp³-hybridized carbons (Fsp3) is 0.400. The van der Waals surface area contributed by atoms with Crippen molar-refractivity contribution in [2.75, 3.05) is 0 Å². The number of amides is 1. The number of carbonyl (C=O) groups is 1. The Kier molecular flexibility index (Phi) is 5.43. The van der Waals surface area contributed by atoms with Gasteiger partial charge in [0.05, 0.1) is 12.1 Å². The summed E-state index contributed by atoms with van der Waals surface area (Å²) in [5.41, 5.74) is 1.06. The third-order valence-electron chi connectivity index (χ3n) is 2.43. The van der Waals surface area contributed by atoms with Crippen LogP contribution in [0, 0.1) is 0 Å². The molecule has 0 saturated carbocycles. The van der Waals surface area contributed by atoms with Crippen molar-refractivity contribution < 1.29 is 9.53 Å². The van der Waals surface area contributed by atoms with Crippen molar-refractivity contribution in [3.8, 4) is 5.75 Å². The van der Waals surface area contributed by atoms with Crippen LogP contribution in [0.3, 0.4) is 0 Å². The molecule has 3 heteroatoms. The predicted molar refractivity (Wildman–Crippen MR) is 73.6 cm³/mol. The number of hydrogen-bond acceptors (Lipinski definition) is 2. The normalized spacial score (nSPS) is 12.7. The van der Waals surface area contributed by atoms with Crippen LogP contribution >= 0.6 is 0 Å². The Morgan fingerprint density at radius 3 is 2.33 bits per heavy atom. The molecular weight excluding hydrogens is 226 g/mol. The van der Waals surface area contributed by atoms with Crippen LogP contribution in [0.2, 0.25) is 0 Å². The predicted octanol–water partition coefficient (Wildman–Crippen LogP) is 3.23. The van der Waals surface area contributed by atoms with E-state index in [2.05, 4.69) is 5.32 Å². The van der Waals surface area contributed by atoms with Crippen LogP contribution in [0.1, 0.15) is 39.3 Å². The van der Waals surface area contributed by atoms with Crippen LogP contribution < -0.4 is 10.1 Å². The highest BCUT2D eigenvalue weighted by molar-refractivity contribution is 5.87. The number of nitrogens with one attached hydrogen (secondary N) is 1. The minimum Gasteiger partial charge on any atom is -0.491 e. The van der Waals surface area contributed by atoms with E-state index in [0.717, 1.165) is 11.3 Å². The van der Waals surface area contributed by atoms with Gasteiger partial charge in [-0.2, -0.15) is 0 Å². The van der Waals surface area contributed by atoms with Crippen LogP contribution in [0.4, 0.5) is 0 Å². The topological polar surface area (TPSA) is 38.3 Å². The van der Waals surface area contributed by atoms with Gasteiger partial charge in [-0.15, -0.1) is 0 Å². The van der Waals surface area contributed by atoms with Gasteiger partial charge in [0.1, 0.15) is 5.75 Å². The molecule has 18 heavy (non-hydrogen) atoms. The molecule has 1 aromatic rings. The fourth-order valence-electron chi connectivity index (χ4n) is 1.60. The number of allylic oxidation sites excluding steroid dienone is 1. The molecule has 1 aromatic carbocycles. The maximum absolute atomic E-state index is 11.4. The second kappa shape index (κ2) is 6.84. The quantitative estimate of drug-likeness (QED) is 0.811. The molecule has 1 N–H and O–H groups in total. The monoisotopic (exact) mass is 247 g/mol. The van der Waals surface area contributed by atoms with E-state index >= 15 is 0 Å². The van der Waals surface area contributed by atoms with E-state index in [1.807, 2.05) is 52.0 Å². The lowest BCUT2D eigenvalue weighted by molar-refractivity contribution is -0.117. The molecule has 0 aliphatic rings. The summed E-state index contributed by atoms with van der Waals surface area (Å²) in [7, 11) is 0. The second-order valence-electron chi connectivity index (χ2n) is 4.47. The maximum atomic E-state index is 11.4. The molecule has 0 bridgehead atoms. The van der Waals surface area contributed by atoms with E-state index in [0.29, 0.717) is 0 Å². The van der Waals surface area contributed by atoms with Crippen molar-refractivity contribution in [2.45, 2.75) is 39.8 Å². The first-order valence-electron chi connectivity index (χ1n) is 6.22. The van der Waals surface area contributed by atoms with Crippen molar-refractivity contribution in [2.24, 2.45) is 0 Å². The van der Waals surface area contributed by atoms with Crippen LogP contribution in [-0.2, 0) is 4.79 Å². The summed E-state index contributed by atoms with van der Waals surface area (Å²) in [5.74, 6) is 0.772. The van der Waals surface area contributed by atoms with E-state index in [1.165, 1.54) is 6.08 Å². The molecule has 1 unspecified atom stereocenters. The molecule has 0 fully saturated rings. The van der Waals surface area contributed by atoms with E-state index < -0.39 is 0 Å². The van der Waals surface area contributed by atoms with Crippen molar-refractivity contribution in [3.05, 3.63) is 42.0 Å². The van der Waals surface area contributed by atoms with Crippen molar-refractivity contribution in [1.29, 1.82) is 0 Å². The summed E-state index contributed by atoms with van der Waals surface area (Å²) in [6.07, 6.45) is 3.41. The van der Waals surface area contributed by atoms with Gasteiger partial charge >= 0.3 is 0 Å². The van der Waals surface area contributed by atoms with Crippen molar-refractivity contribution in [3.63, 3.8) is 0 Å². The summed E-state index contributed by atoms with van der Waals surface area (Å²) in [4.78, 5) is 11.4. The van der Waals surface area contributed by atoms with Gasteiger partial charge in [0.25, 0.3) is 0 Å². The minimum atomic E-state index is -0.0764. The smallest absolute Gasteiger partial charge is 0.244 e. The van der Waals surface area contributed by atoms with Crippen LogP contribution in [-0.4, -0.2) is 12.0 Å². The molecule has 3 nitrogen and oxygen atoms in total. The SMILES string of the molecule is CC=CC(=O)NC(C)c1ccc(OC(C)C)cc1. The number of rotatable bonds is 5. The highest BCUT2D eigenvalue weighted by Gasteiger charge is 2.07. The standard InChI is InChI=1S/C15H21NO2/c1-5-6-15(17)16-12(4)13-7-9-14(10-8-13)18-11(2)3/h5-12H,1-4H3,(H,16,17). The number of ether oxygens (including phenoxy) is 1. The van der Waals surface area contributed by atoms with Crippen molar-refractivity contribution in [1.82, 2.24) is 5.32 Å². The van der Waals surface area contributed by atoms with E-state index in [4.69, 9.17) is 4.74 Å². The average Bonchev–Trinajstić information content (AvgIpc) is 2.29. The lowest BCUT2D eigenvalue weighted by Crippen LogP contribution is -2.24. The zero-order valence-corrected chi connectivity index (χ0v) is 11.4. The van der Waals surface area contributed by atoms with Crippen LogP contribution in [0.15, 0.2) is 36.4 Å². The molecule has 0 aromatic heterocycles. The van der Waals surface area contributed by atoms with Gasteiger partial charge < -0.3 is 10.1 Å². The molecule has 0 spiro atoms. The number of benzene rings is 1. The first kappa shape index (κ1) is 14.3. The summed E-state index contributed by atoms with van der Waals surface area (Å²) >= 11 is 0. The highest BCUT2D eigenvalue weighted by atomic mass is 16.5. The Morgan fingerprint density at radius 1 is 1.22 bits per heavy atom. The minimum absolute atomic E-state index is 0.0122. The summed E-state index contributed by atoms with van der Waals surface area (Å²) < 4.78 is 5.57. The van der Waals surface area contributed by atoms with Gasteiger partial charge in [-0.1, -0.05) is 18.2 Å². The molecule has 0 radical (unpaired) electrons. The largest absolute Gasteiger partial charge is 0.491 e. The van der Waals surface area contributed by atoms with Crippen molar-refractivity contribution >= 4 is 5.91 Å². The zero-order chi connectivity index (χ0) is 13.5. The van der Waals surface area contributed by atoms with Gasteiger partial charge in [0.2, 0.25) is 5.91 Å². The Bertz CT molecular complexity index is 407. The number of hydrogen-bond donors (Lipinski definition) is 1.